The fraction of sp³-hybridized carbons (Fsp3) is 0.833. The van der Waals surface area contributed by atoms with Crippen LogP contribution in [0.4, 0.5) is 18.3 Å². The summed E-state index contributed by atoms with van der Waals surface area (Å²) in [4.78, 5) is 4.18. The van der Waals surface area contributed by atoms with Crippen LogP contribution in [0.2, 0.25) is 0 Å². The standard InChI is InChI=1S/C12H20F3N5S/c1-2-3-9(8-16)19-4-6-20(7-5-19)11-18-17-10(21-11)12(13,14)15/h9H,2-8,16H2,1H3. The van der Waals surface area contributed by atoms with E-state index in [1.165, 1.54) is 0 Å². The Morgan fingerprint density at radius 1 is 1.24 bits per heavy atom. The first-order valence-electron chi connectivity index (χ1n) is 7.05. The molecule has 120 valence electrons. The van der Waals surface area contributed by atoms with Gasteiger partial charge in [-0.1, -0.05) is 24.7 Å². The van der Waals surface area contributed by atoms with Gasteiger partial charge in [0.2, 0.25) is 10.1 Å². The van der Waals surface area contributed by atoms with Crippen molar-refractivity contribution in [3.05, 3.63) is 5.01 Å². The summed E-state index contributed by atoms with van der Waals surface area (Å²) in [6.45, 7) is 5.65. The maximum Gasteiger partial charge on any atom is 0.445 e. The molecule has 1 unspecified atom stereocenters. The highest BCUT2D eigenvalue weighted by molar-refractivity contribution is 7.15. The lowest BCUT2D eigenvalue weighted by Gasteiger charge is -2.38. The molecule has 2 N–H and O–H groups in total. The molecular weight excluding hydrogens is 303 g/mol. The van der Waals surface area contributed by atoms with Crippen molar-refractivity contribution in [3.63, 3.8) is 0 Å². The molecule has 9 heteroatoms. The molecule has 1 aromatic heterocycles. The average molecular weight is 323 g/mol. The lowest BCUT2D eigenvalue weighted by Crippen LogP contribution is -2.52. The van der Waals surface area contributed by atoms with Gasteiger partial charge in [0.25, 0.3) is 0 Å². The van der Waals surface area contributed by atoms with Crippen molar-refractivity contribution in [1.29, 1.82) is 0 Å². The number of anilines is 1. The van der Waals surface area contributed by atoms with Gasteiger partial charge < -0.3 is 10.6 Å². The molecule has 5 nitrogen and oxygen atoms in total. The number of alkyl halides is 3. The van der Waals surface area contributed by atoms with E-state index >= 15 is 0 Å². The molecule has 0 aliphatic carbocycles. The van der Waals surface area contributed by atoms with E-state index in [1.807, 2.05) is 4.90 Å². The predicted octanol–water partition coefficient (Wildman–Crippen LogP) is 1.81. The minimum atomic E-state index is -4.41. The van der Waals surface area contributed by atoms with E-state index in [1.54, 1.807) is 0 Å². The topological polar surface area (TPSA) is 58.3 Å². The molecule has 1 aromatic rings. The highest BCUT2D eigenvalue weighted by atomic mass is 32.1. The van der Waals surface area contributed by atoms with E-state index in [4.69, 9.17) is 5.73 Å². The molecule has 1 fully saturated rings. The summed E-state index contributed by atoms with van der Waals surface area (Å²) in [6, 6.07) is 0.359. The number of rotatable bonds is 5. The van der Waals surface area contributed by atoms with Crippen LogP contribution in [0.1, 0.15) is 24.8 Å². The van der Waals surface area contributed by atoms with Crippen LogP contribution >= 0.6 is 11.3 Å². The van der Waals surface area contributed by atoms with Crippen LogP contribution in [0, 0.1) is 0 Å². The van der Waals surface area contributed by atoms with Crippen LogP contribution in [0.5, 0.6) is 0 Å². The van der Waals surface area contributed by atoms with Crippen LogP contribution in [0.15, 0.2) is 0 Å². The molecule has 0 spiro atoms. The van der Waals surface area contributed by atoms with Crippen molar-refractivity contribution >= 4 is 16.5 Å². The van der Waals surface area contributed by atoms with Gasteiger partial charge in [0.05, 0.1) is 0 Å². The third-order valence-corrected chi connectivity index (χ3v) is 4.68. The lowest BCUT2D eigenvalue weighted by molar-refractivity contribution is -0.138. The Morgan fingerprint density at radius 2 is 1.90 bits per heavy atom. The van der Waals surface area contributed by atoms with Gasteiger partial charge >= 0.3 is 6.18 Å². The molecule has 1 aliphatic heterocycles. The molecule has 0 amide bonds. The predicted molar refractivity (Wildman–Crippen MR) is 76.4 cm³/mol. The van der Waals surface area contributed by atoms with Crippen molar-refractivity contribution in [1.82, 2.24) is 15.1 Å². The third kappa shape index (κ3) is 4.04. The molecule has 1 atom stereocenters. The zero-order valence-electron chi connectivity index (χ0n) is 11.9. The SMILES string of the molecule is CCCC(CN)N1CCN(c2nnc(C(F)(F)F)s2)CC1. The average Bonchev–Trinajstić information content (AvgIpc) is 2.95. The quantitative estimate of drug-likeness (QED) is 0.895. The zero-order chi connectivity index (χ0) is 15.5. The molecule has 0 radical (unpaired) electrons. The second kappa shape index (κ2) is 6.89. The molecule has 0 saturated carbocycles. The Bertz CT molecular complexity index is 442. The van der Waals surface area contributed by atoms with Gasteiger partial charge in [-0.05, 0) is 6.42 Å². The first-order chi connectivity index (χ1) is 9.95. The van der Waals surface area contributed by atoms with Gasteiger partial charge in [0, 0.05) is 38.8 Å². The van der Waals surface area contributed by atoms with Crippen molar-refractivity contribution in [2.24, 2.45) is 5.73 Å². The molecule has 1 aliphatic rings. The first kappa shape index (κ1) is 16.4. The number of hydrogen-bond donors (Lipinski definition) is 1. The molecular formula is C12H20F3N5S. The summed E-state index contributed by atoms with van der Waals surface area (Å²) < 4.78 is 37.6. The summed E-state index contributed by atoms with van der Waals surface area (Å²) in [5, 5.41) is 6.36. The largest absolute Gasteiger partial charge is 0.445 e. The number of nitrogens with zero attached hydrogens (tertiary/aromatic N) is 4. The molecule has 21 heavy (non-hydrogen) atoms. The number of hydrogen-bond acceptors (Lipinski definition) is 6. The normalized spacial score (nSPS) is 19.0. The minimum absolute atomic E-state index is 0.349. The molecule has 0 bridgehead atoms. The van der Waals surface area contributed by atoms with Gasteiger partial charge in [0.1, 0.15) is 0 Å². The van der Waals surface area contributed by atoms with Crippen molar-refractivity contribution in [3.8, 4) is 0 Å². The second-order valence-corrected chi connectivity index (χ2v) is 6.04. The van der Waals surface area contributed by atoms with Gasteiger partial charge in [-0.25, -0.2) is 0 Å². The van der Waals surface area contributed by atoms with Crippen molar-refractivity contribution < 1.29 is 13.2 Å². The zero-order valence-corrected chi connectivity index (χ0v) is 12.8. The molecule has 1 saturated heterocycles. The van der Waals surface area contributed by atoms with E-state index in [2.05, 4.69) is 22.0 Å². The number of nitrogens with two attached hydrogens (primary N) is 1. The van der Waals surface area contributed by atoms with E-state index in [0.29, 0.717) is 42.1 Å². The summed E-state index contributed by atoms with van der Waals surface area (Å²) in [5.74, 6) is 0. The van der Waals surface area contributed by atoms with Crippen LogP contribution in [0.25, 0.3) is 0 Å². The number of halogens is 3. The van der Waals surface area contributed by atoms with Crippen LogP contribution in [0.3, 0.4) is 0 Å². The van der Waals surface area contributed by atoms with E-state index in [9.17, 15) is 13.2 Å². The Morgan fingerprint density at radius 3 is 2.38 bits per heavy atom. The Labute approximate surface area is 125 Å². The summed E-state index contributed by atoms with van der Waals surface area (Å²) in [5.41, 5.74) is 5.79. The Balaban J connectivity index is 1.93. The summed E-state index contributed by atoms with van der Waals surface area (Å²) >= 11 is 0.607. The van der Waals surface area contributed by atoms with E-state index in [-0.39, 0.29) is 0 Å². The van der Waals surface area contributed by atoms with Crippen LogP contribution in [-0.4, -0.2) is 53.9 Å². The Hall–Kier alpha value is -0.930. The fourth-order valence-corrected chi connectivity index (χ4v) is 3.28. The Kier molecular flexibility index (Phi) is 5.39. The monoisotopic (exact) mass is 323 g/mol. The highest BCUT2D eigenvalue weighted by Gasteiger charge is 2.36. The van der Waals surface area contributed by atoms with Crippen molar-refractivity contribution in [2.45, 2.75) is 32.0 Å². The van der Waals surface area contributed by atoms with Gasteiger partial charge in [-0.3, -0.25) is 4.90 Å². The number of aromatic nitrogens is 2. The van der Waals surface area contributed by atoms with Crippen LogP contribution in [-0.2, 0) is 6.18 Å². The first-order valence-corrected chi connectivity index (χ1v) is 7.87. The minimum Gasteiger partial charge on any atom is -0.344 e. The second-order valence-electron chi connectivity index (χ2n) is 5.09. The summed E-state index contributed by atoms with van der Waals surface area (Å²) in [7, 11) is 0. The summed E-state index contributed by atoms with van der Waals surface area (Å²) in [6.07, 6.45) is -2.29. The maximum absolute atomic E-state index is 12.5. The van der Waals surface area contributed by atoms with E-state index < -0.39 is 11.2 Å². The fourth-order valence-electron chi connectivity index (χ4n) is 2.52. The maximum atomic E-state index is 12.5. The lowest BCUT2D eigenvalue weighted by atomic mass is 10.1. The molecule has 2 heterocycles. The highest BCUT2D eigenvalue weighted by Crippen LogP contribution is 2.34. The van der Waals surface area contributed by atoms with Crippen LogP contribution < -0.4 is 10.6 Å². The number of piperazine rings is 1. The molecule has 2 rings (SSSR count). The molecule has 0 aromatic carbocycles. The van der Waals surface area contributed by atoms with E-state index in [0.717, 1.165) is 25.9 Å². The van der Waals surface area contributed by atoms with Gasteiger partial charge in [-0.2, -0.15) is 13.2 Å². The third-order valence-electron chi connectivity index (χ3n) is 3.65. The van der Waals surface area contributed by atoms with Crippen molar-refractivity contribution in [2.75, 3.05) is 37.6 Å². The smallest absolute Gasteiger partial charge is 0.344 e. The van der Waals surface area contributed by atoms with Gasteiger partial charge in [0.15, 0.2) is 0 Å². The van der Waals surface area contributed by atoms with Gasteiger partial charge in [-0.15, -0.1) is 10.2 Å².